The van der Waals surface area contributed by atoms with Crippen molar-refractivity contribution in [2.24, 2.45) is 0 Å². The Hall–Kier alpha value is -2.29. The van der Waals surface area contributed by atoms with E-state index in [1.54, 1.807) is 18.2 Å². The summed E-state index contributed by atoms with van der Waals surface area (Å²) in [6, 6.07) is 9.03. The van der Waals surface area contributed by atoms with Gasteiger partial charge in [-0.25, -0.2) is 0 Å². The highest BCUT2D eigenvalue weighted by Gasteiger charge is 2.15. The molecule has 0 spiro atoms. The highest BCUT2D eigenvalue weighted by atomic mass is 32.2. The minimum Gasteiger partial charge on any atom is -0.344 e. The fraction of sp³-hybridized carbons (Fsp3) is 0.143. The number of anilines is 1. The first-order chi connectivity index (χ1) is 9.79. The fourth-order valence-corrected chi connectivity index (χ4v) is 2.74. The van der Waals surface area contributed by atoms with Gasteiger partial charge < -0.3 is 11.5 Å². The molecular formula is C14H16N2O5S. The average molecular weight is 324 g/mol. The minimum absolute atomic E-state index is 0. The van der Waals surface area contributed by atoms with Crippen LogP contribution in [-0.2, 0) is 19.7 Å². The molecule has 0 unspecified atom stereocenters. The van der Waals surface area contributed by atoms with E-state index in [0.717, 1.165) is 0 Å². The number of fused-ring (bicyclic) bond motifs is 1. The van der Waals surface area contributed by atoms with Crippen molar-refractivity contribution in [2.75, 3.05) is 5.32 Å². The second-order valence-corrected chi connectivity index (χ2v) is 5.95. The highest BCUT2D eigenvalue weighted by molar-refractivity contribution is 7.86. The largest absolute Gasteiger partial charge is 0.344 e. The van der Waals surface area contributed by atoms with Crippen LogP contribution in [0.25, 0.3) is 10.8 Å². The van der Waals surface area contributed by atoms with Gasteiger partial charge in [-0.3, -0.25) is 14.1 Å². The van der Waals surface area contributed by atoms with Gasteiger partial charge >= 0.3 is 0 Å². The molecule has 0 saturated carbocycles. The first kappa shape index (κ1) is 17.8. The first-order valence-corrected chi connectivity index (χ1v) is 7.51. The average Bonchev–Trinajstić information content (AvgIpc) is 2.36. The summed E-state index contributed by atoms with van der Waals surface area (Å²) < 4.78 is 31.9. The van der Waals surface area contributed by atoms with E-state index < -0.39 is 16.0 Å². The van der Waals surface area contributed by atoms with Crippen molar-refractivity contribution >= 4 is 38.3 Å². The molecule has 5 N–H and O–H groups in total. The predicted molar refractivity (Wildman–Crippen MR) is 82.7 cm³/mol. The molecule has 0 aromatic heterocycles. The van der Waals surface area contributed by atoms with E-state index in [-0.39, 0.29) is 23.3 Å². The van der Waals surface area contributed by atoms with Crippen molar-refractivity contribution in [3.63, 3.8) is 0 Å². The molecule has 0 bridgehead atoms. The molecule has 2 aromatic rings. The summed E-state index contributed by atoms with van der Waals surface area (Å²) in [6.07, 6.45) is -0.256. The summed E-state index contributed by atoms with van der Waals surface area (Å²) in [5, 5.41) is 3.31. The molecule has 0 aliphatic heterocycles. The van der Waals surface area contributed by atoms with Crippen LogP contribution in [0.4, 0.5) is 5.69 Å². The number of Topliss-reactive ketones (excluding diaryl/α,β-unsaturated/α-hetero) is 1. The van der Waals surface area contributed by atoms with Gasteiger partial charge in [0.15, 0.2) is 0 Å². The van der Waals surface area contributed by atoms with Crippen LogP contribution in [-0.4, -0.2) is 24.7 Å². The van der Waals surface area contributed by atoms with E-state index in [2.05, 4.69) is 5.32 Å². The Morgan fingerprint density at radius 1 is 1.09 bits per heavy atom. The number of rotatable bonds is 4. The van der Waals surface area contributed by atoms with Crippen LogP contribution in [0.1, 0.15) is 13.3 Å². The normalized spacial score (nSPS) is 10.8. The fourth-order valence-electron chi connectivity index (χ4n) is 2.04. The molecule has 1 amide bonds. The standard InChI is InChI=1S/C14H13NO5S.H3N/c1-9(16)8-14(17)15-12-6-2-5-11-10(12)4-3-7-13(11)21(18,19)20;/h2-7H,8H2,1H3,(H,15,17)(H,18,19,20);1H3. The van der Waals surface area contributed by atoms with Gasteiger partial charge in [0.25, 0.3) is 10.1 Å². The van der Waals surface area contributed by atoms with Gasteiger partial charge in [-0.15, -0.1) is 0 Å². The Balaban J connectivity index is 0.00000242. The molecule has 118 valence electrons. The topological polar surface area (TPSA) is 136 Å². The molecule has 2 aromatic carbocycles. The Bertz CT molecular complexity index is 830. The lowest BCUT2D eigenvalue weighted by molar-refractivity contribution is -0.124. The monoisotopic (exact) mass is 324 g/mol. The Labute approximate surface area is 127 Å². The maximum atomic E-state index is 11.6. The van der Waals surface area contributed by atoms with Crippen LogP contribution >= 0.6 is 0 Å². The molecule has 0 atom stereocenters. The summed E-state index contributed by atoms with van der Waals surface area (Å²) in [4.78, 5) is 22.3. The molecule has 0 radical (unpaired) electrons. The van der Waals surface area contributed by atoms with E-state index in [9.17, 15) is 22.6 Å². The van der Waals surface area contributed by atoms with E-state index in [1.165, 1.54) is 25.1 Å². The van der Waals surface area contributed by atoms with Crippen LogP contribution < -0.4 is 11.5 Å². The zero-order chi connectivity index (χ0) is 15.6. The van der Waals surface area contributed by atoms with Gasteiger partial charge in [-0.1, -0.05) is 24.3 Å². The summed E-state index contributed by atoms with van der Waals surface area (Å²) in [5.41, 5.74) is 0.379. The zero-order valence-electron chi connectivity index (χ0n) is 11.9. The molecule has 7 nitrogen and oxygen atoms in total. The molecule has 0 saturated heterocycles. The molecule has 0 heterocycles. The van der Waals surface area contributed by atoms with E-state index in [4.69, 9.17) is 0 Å². The SMILES string of the molecule is CC(=O)CC(=O)Nc1cccc2c(S(=O)(=O)O)cccc12.N. The number of benzene rings is 2. The molecule has 22 heavy (non-hydrogen) atoms. The quantitative estimate of drug-likeness (QED) is 0.582. The van der Waals surface area contributed by atoms with Crippen molar-refractivity contribution in [1.29, 1.82) is 0 Å². The number of carbonyl (C=O) groups is 2. The Morgan fingerprint density at radius 3 is 2.27 bits per heavy atom. The number of nitrogens with one attached hydrogen (secondary N) is 1. The molecule has 0 fully saturated rings. The van der Waals surface area contributed by atoms with Crippen molar-refractivity contribution < 1.29 is 22.6 Å². The lowest BCUT2D eigenvalue weighted by Gasteiger charge is -2.10. The number of ketones is 1. The third kappa shape index (κ3) is 3.88. The number of carbonyl (C=O) groups excluding carboxylic acids is 2. The zero-order valence-corrected chi connectivity index (χ0v) is 12.7. The molecule has 0 aliphatic rings. The maximum Gasteiger partial charge on any atom is 0.295 e. The van der Waals surface area contributed by atoms with Gasteiger partial charge in [-0.2, -0.15) is 8.42 Å². The van der Waals surface area contributed by atoms with Crippen molar-refractivity contribution in [1.82, 2.24) is 6.15 Å². The van der Waals surface area contributed by atoms with Gasteiger partial charge in [0.1, 0.15) is 10.7 Å². The van der Waals surface area contributed by atoms with Gasteiger partial charge in [0, 0.05) is 16.5 Å². The summed E-state index contributed by atoms with van der Waals surface area (Å²) in [7, 11) is -4.36. The van der Waals surface area contributed by atoms with E-state index in [0.29, 0.717) is 16.5 Å². The van der Waals surface area contributed by atoms with Gasteiger partial charge in [0.05, 0.1) is 6.42 Å². The lowest BCUT2D eigenvalue weighted by atomic mass is 10.1. The predicted octanol–water partition coefficient (Wildman–Crippen LogP) is 2.17. The van der Waals surface area contributed by atoms with Crippen molar-refractivity contribution in [2.45, 2.75) is 18.2 Å². The minimum atomic E-state index is -4.36. The highest BCUT2D eigenvalue weighted by Crippen LogP contribution is 2.28. The smallest absolute Gasteiger partial charge is 0.295 e. The second kappa shape index (κ2) is 6.65. The molecular weight excluding hydrogens is 308 g/mol. The third-order valence-electron chi connectivity index (χ3n) is 2.84. The summed E-state index contributed by atoms with van der Waals surface area (Å²) in [5.74, 6) is -0.751. The van der Waals surface area contributed by atoms with Gasteiger partial charge in [0.2, 0.25) is 5.91 Å². The van der Waals surface area contributed by atoms with E-state index >= 15 is 0 Å². The van der Waals surface area contributed by atoms with Crippen LogP contribution in [0, 0.1) is 0 Å². The summed E-state index contributed by atoms with van der Waals surface area (Å²) in [6.45, 7) is 1.30. The molecule has 8 heteroatoms. The number of amides is 1. The third-order valence-corrected chi connectivity index (χ3v) is 3.76. The molecule has 2 rings (SSSR count). The van der Waals surface area contributed by atoms with Crippen LogP contribution in [0.3, 0.4) is 0 Å². The molecule has 0 aliphatic carbocycles. The van der Waals surface area contributed by atoms with Gasteiger partial charge in [-0.05, 0) is 19.1 Å². The maximum absolute atomic E-state index is 11.6. The lowest BCUT2D eigenvalue weighted by Crippen LogP contribution is -2.15. The van der Waals surface area contributed by atoms with Crippen LogP contribution in [0.2, 0.25) is 0 Å². The Kier molecular flexibility index (Phi) is 5.37. The van der Waals surface area contributed by atoms with Crippen LogP contribution in [0.5, 0.6) is 0 Å². The first-order valence-electron chi connectivity index (χ1n) is 6.07. The second-order valence-electron chi connectivity index (χ2n) is 4.56. The number of hydrogen-bond acceptors (Lipinski definition) is 5. The number of hydrogen-bond donors (Lipinski definition) is 3. The van der Waals surface area contributed by atoms with Crippen molar-refractivity contribution in [3.05, 3.63) is 36.4 Å². The van der Waals surface area contributed by atoms with E-state index in [1.807, 2.05) is 0 Å². The van der Waals surface area contributed by atoms with Crippen LogP contribution in [0.15, 0.2) is 41.3 Å². The summed E-state index contributed by atoms with van der Waals surface area (Å²) >= 11 is 0. The van der Waals surface area contributed by atoms with Crippen molar-refractivity contribution in [3.8, 4) is 0 Å². The Morgan fingerprint density at radius 2 is 1.68 bits per heavy atom.